The van der Waals surface area contributed by atoms with Gasteiger partial charge in [0.25, 0.3) is 5.69 Å². The van der Waals surface area contributed by atoms with Crippen LogP contribution >= 0.6 is 0 Å². The molecule has 0 aliphatic heterocycles. The third-order valence-electron chi connectivity index (χ3n) is 4.20. The Morgan fingerprint density at radius 1 is 1.08 bits per heavy atom. The number of non-ortho nitro benzene ring substituents is 1. The summed E-state index contributed by atoms with van der Waals surface area (Å²) in [5.74, 6) is -0.256. The quantitative estimate of drug-likeness (QED) is 0.436. The first-order valence-electron chi connectivity index (χ1n) is 7.98. The number of hydrogen-bond acceptors (Lipinski definition) is 4. The molecule has 1 atom stereocenters. The number of ketones is 1. The molecule has 1 amide bonds. The van der Waals surface area contributed by atoms with E-state index >= 15 is 0 Å². The second-order valence-corrected chi connectivity index (χ2v) is 5.82. The molecule has 0 aliphatic rings. The minimum Gasteiger partial charge on any atom is -0.339 e. The first kappa shape index (κ1) is 18.3. The zero-order chi connectivity index (χ0) is 18.4. The Bertz CT molecular complexity index is 774. The Labute approximate surface area is 146 Å². The normalized spacial score (nSPS) is 11.6. The Morgan fingerprint density at radius 3 is 2.40 bits per heavy atom. The number of amides is 1. The lowest BCUT2D eigenvalue weighted by Crippen LogP contribution is -2.29. The molecule has 2 aromatic carbocycles. The number of carbonyl (C=O) groups excluding carboxylic acids is 2. The lowest BCUT2D eigenvalue weighted by Gasteiger charge is -2.25. The smallest absolute Gasteiger partial charge is 0.269 e. The van der Waals surface area contributed by atoms with Crippen molar-refractivity contribution in [2.24, 2.45) is 0 Å². The molecule has 0 unspecified atom stereocenters. The van der Waals surface area contributed by atoms with Crippen molar-refractivity contribution in [1.82, 2.24) is 4.90 Å². The van der Waals surface area contributed by atoms with Crippen molar-refractivity contribution in [2.45, 2.75) is 25.8 Å². The third-order valence-corrected chi connectivity index (χ3v) is 4.20. The van der Waals surface area contributed by atoms with Crippen LogP contribution in [0, 0.1) is 10.1 Å². The van der Waals surface area contributed by atoms with Gasteiger partial charge in [-0.2, -0.15) is 0 Å². The van der Waals surface area contributed by atoms with Gasteiger partial charge in [-0.25, -0.2) is 0 Å². The van der Waals surface area contributed by atoms with Crippen LogP contribution in [0.15, 0.2) is 54.6 Å². The summed E-state index contributed by atoms with van der Waals surface area (Å²) < 4.78 is 0. The van der Waals surface area contributed by atoms with Gasteiger partial charge in [0.15, 0.2) is 5.78 Å². The number of benzene rings is 2. The molecule has 25 heavy (non-hydrogen) atoms. The van der Waals surface area contributed by atoms with Gasteiger partial charge < -0.3 is 4.90 Å². The molecule has 0 heterocycles. The molecule has 6 heteroatoms. The topological polar surface area (TPSA) is 80.5 Å². The highest BCUT2D eigenvalue weighted by atomic mass is 16.6. The second kappa shape index (κ2) is 8.19. The Morgan fingerprint density at radius 2 is 1.76 bits per heavy atom. The molecule has 0 spiro atoms. The van der Waals surface area contributed by atoms with Crippen molar-refractivity contribution >= 4 is 17.4 Å². The summed E-state index contributed by atoms with van der Waals surface area (Å²) in [6, 6.07) is 14.7. The van der Waals surface area contributed by atoms with Gasteiger partial charge >= 0.3 is 0 Å². The summed E-state index contributed by atoms with van der Waals surface area (Å²) in [6.45, 7) is 1.80. The molecule has 0 aromatic heterocycles. The van der Waals surface area contributed by atoms with Crippen LogP contribution in [0.25, 0.3) is 0 Å². The van der Waals surface area contributed by atoms with Gasteiger partial charge in [-0.15, -0.1) is 0 Å². The average molecular weight is 340 g/mol. The molecule has 130 valence electrons. The van der Waals surface area contributed by atoms with Crippen molar-refractivity contribution in [2.75, 3.05) is 7.05 Å². The number of carbonyl (C=O) groups is 2. The summed E-state index contributed by atoms with van der Waals surface area (Å²) in [6.07, 6.45) is 0.234. The predicted octanol–water partition coefficient (Wildman–Crippen LogP) is 3.78. The molecular weight excluding hydrogens is 320 g/mol. The molecule has 2 rings (SSSR count). The zero-order valence-electron chi connectivity index (χ0n) is 14.2. The maximum absolute atomic E-state index is 12.4. The summed E-state index contributed by atoms with van der Waals surface area (Å²) in [5.41, 5.74) is 1.26. The first-order chi connectivity index (χ1) is 11.9. The van der Waals surface area contributed by atoms with E-state index in [0.29, 0.717) is 11.1 Å². The largest absolute Gasteiger partial charge is 0.339 e. The second-order valence-electron chi connectivity index (χ2n) is 5.82. The molecule has 2 aromatic rings. The van der Waals surface area contributed by atoms with Gasteiger partial charge in [0.1, 0.15) is 0 Å². The van der Waals surface area contributed by atoms with Crippen LogP contribution in [0.3, 0.4) is 0 Å². The predicted molar refractivity (Wildman–Crippen MR) is 94.3 cm³/mol. The first-order valence-corrected chi connectivity index (χ1v) is 7.98. The van der Waals surface area contributed by atoms with Crippen LogP contribution in [0.5, 0.6) is 0 Å². The average Bonchev–Trinajstić information content (AvgIpc) is 2.65. The summed E-state index contributed by atoms with van der Waals surface area (Å²) in [7, 11) is 1.64. The molecule has 0 radical (unpaired) electrons. The maximum atomic E-state index is 12.4. The molecule has 0 bridgehead atoms. The van der Waals surface area contributed by atoms with Gasteiger partial charge in [-0.3, -0.25) is 19.7 Å². The van der Waals surface area contributed by atoms with E-state index in [4.69, 9.17) is 0 Å². The van der Waals surface area contributed by atoms with E-state index in [1.807, 2.05) is 6.07 Å². The molecule has 0 saturated heterocycles. The Hall–Kier alpha value is -3.02. The maximum Gasteiger partial charge on any atom is 0.269 e. The fourth-order valence-electron chi connectivity index (χ4n) is 2.50. The van der Waals surface area contributed by atoms with Crippen LogP contribution in [0.4, 0.5) is 5.69 Å². The molecule has 0 fully saturated rings. The minimum atomic E-state index is -0.462. The molecule has 0 N–H and O–H groups in total. The number of Topliss-reactive ketones (excluding diaryl/α,β-unsaturated/α-hetero) is 1. The number of rotatable bonds is 7. The summed E-state index contributed by atoms with van der Waals surface area (Å²) in [5, 5.41) is 10.9. The third kappa shape index (κ3) is 4.73. The van der Waals surface area contributed by atoms with Crippen LogP contribution in [-0.4, -0.2) is 28.6 Å². The van der Waals surface area contributed by atoms with Crippen molar-refractivity contribution in [1.29, 1.82) is 0 Å². The SMILES string of the molecule is C[C@@H](c1cccc([N+](=O)[O-])c1)N(C)C(=O)CCC(=O)c1ccccc1. The van der Waals surface area contributed by atoms with E-state index < -0.39 is 4.92 Å². The molecular formula is C19H20N2O4. The number of nitro groups is 1. The number of nitro benzene ring substituents is 1. The van der Waals surface area contributed by atoms with Gasteiger partial charge in [0.2, 0.25) is 5.91 Å². The lowest BCUT2D eigenvalue weighted by molar-refractivity contribution is -0.384. The van der Waals surface area contributed by atoms with Crippen LogP contribution in [0.1, 0.15) is 41.7 Å². The molecule has 0 saturated carbocycles. The fourth-order valence-corrected chi connectivity index (χ4v) is 2.50. The summed E-state index contributed by atoms with van der Waals surface area (Å²) >= 11 is 0. The van der Waals surface area contributed by atoms with Gasteiger partial charge in [-0.05, 0) is 12.5 Å². The van der Waals surface area contributed by atoms with Crippen molar-refractivity contribution in [3.05, 3.63) is 75.8 Å². The van der Waals surface area contributed by atoms with E-state index in [1.54, 1.807) is 50.4 Å². The van der Waals surface area contributed by atoms with Crippen LogP contribution in [0.2, 0.25) is 0 Å². The van der Waals surface area contributed by atoms with E-state index in [9.17, 15) is 19.7 Å². The van der Waals surface area contributed by atoms with Crippen molar-refractivity contribution in [3.8, 4) is 0 Å². The van der Waals surface area contributed by atoms with Crippen molar-refractivity contribution < 1.29 is 14.5 Å². The highest BCUT2D eigenvalue weighted by Crippen LogP contribution is 2.23. The lowest BCUT2D eigenvalue weighted by atomic mass is 10.0. The molecule has 6 nitrogen and oxygen atoms in total. The number of hydrogen-bond donors (Lipinski definition) is 0. The van der Waals surface area contributed by atoms with E-state index in [-0.39, 0.29) is 36.3 Å². The minimum absolute atomic E-state index is 0.00976. The van der Waals surface area contributed by atoms with E-state index in [2.05, 4.69) is 0 Å². The Balaban J connectivity index is 1.98. The zero-order valence-corrected chi connectivity index (χ0v) is 14.2. The van der Waals surface area contributed by atoms with Crippen LogP contribution in [-0.2, 0) is 4.79 Å². The van der Waals surface area contributed by atoms with E-state index in [1.165, 1.54) is 17.0 Å². The van der Waals surface area contributed by atoms with Gasteiger partial charge in [-0.1, -0.05) is 42.5 Å². The highest BCUT2D eigenvalue weighted by molar-refractivity contribution is 5.97. The van der Waals surface area contributed by atoms with E-state index in [0.717, 1.165) is 0 Å². The van der Waals surface area contributed by atoms with Crippen LogP contribution < -0.4 is 0 Å². The highest BCUT2D eigenvalue weighted by Gasteiger charge is 2.20. The Kier molecular flexibility index (Phi) is 6.00. The van der Waals surface area contributed by atoms with Crippen molar-refractivity contribution in [3.63, 3.8) is 0 Å². The van der Waals surface area contributed by atoms with Gasteiger partial charge in [0, 0.05) is 37.6 Å². The van der Waals surface area contributed by atoms with Gasteiger partial charge in [0.05, 0.1) is 11.0 Å². The molecule has 0 aliphatic carbocycles. The monoisotopic (exact) mass is 340 g/mol. The fraction of sp³-hybridized carbons (Fsp3) is 0.263. The standard InChI is InChI=1S/C19H20N2O4/c1-14(16-9-6-10-17(13-16)21(24)25)20(2)19(23)12-11-18(22)15-7-4-3-5-8-15/h3-10,13-14H,11-12H2,1-2H3/t14-/m0/s1. The summed E-state index contributed by atoms with van der Waals surface area (Å²) in [4.78, 5) is 36.4. The number of nitrogens with zero attached hydrogens (tertiary/aromatic N) is 2.